The molecule has 34 heavy (non-hydrogen) atoms. The molecule has 0 radical (unpaired) electrons. The van der Waals surface area contributed by atoms with Gasteiger partial charge in [-0.2, -0.15) is 0 Å². The Morgan fingerprint density at radius 1 is 0.941 bits per heavy atom. The summed E-state index contributed by atoms with van der Waals surface area (Å²) in [7, 11) is -2.61. The van der Waals surface area contributed by atoms with Crippen LogP contribution in [0.15, 0.2) is 65.6 Å². The summed E-state index contributed by atoms with van der Waals surface area (Å²) in [5.41, 5.74) is 2.80. The van der Waals surface area contributed by atoms with Crippen molar-refractivity contribution in [3.8, 4) is 5.75 Å². The summed E-state index contributed by atoms with van der Waals surface area (Å²) in [6.45, 7) is 0.700. The average Bonchev–Trinajstić information content (AvgIpc) is 2.87. The number of nitrogens with zero attached hydrogens (tertiary/aromatic N) is 2. The average molecular weight is 481 g/mol. The molecule has 0 aromatic heterocycles. The number of sulfonamides is 1. The standard InChI is InChI=1S/C26H25FN2O4S/c1-33-23-14-13-20(26(30)28-15-5-10-19-8-4-11-21(27)25(19)28)17-24(23)34(31,32)29-16-6-9-18-7-2-3-12-22(18)29/h2-4,7-8,11-14,17H,5-6,9-10,15-16H2,1H3. The van der Waals surface area contributed by atoms with Crippen LogP contribution in [0.2, 0.25) is 0 Å². The van der Waals surface area contributed by atoms with Crippen LogP contribution in [0.4, 0.5) is 15.8 Å². The minimum Gasteiger partial charge on any atom is -0.495 e. The van der Waals surface area contributed by atoms with Gasteiger partial charge in [-0.25, -0.2) is 12.8 Å². The zero-order valence-corrected chi connectivity index (χ0v) is 19.6. The van der Waals surface area contributed by atoms with Crippen molar-refractivity contribution in [2.75, 3.05) is 29.4 Å². The maximum atomic E-state index is 14.7. The molecular weight excluding hydrogens is 455 g/mol. The van der Waals surface area contributed by atoms with E-state index in [0.717, 1.165) is 17.5 Å². The Bertz CT molecular complexity index is 1370. The molecule has 2 aliphatic rings. The third-order valence-electron chi connectivity index (χ3n) is 6.46. The molecule has 3 aromatic carbocycles. The minimum atomic E-state index is -4.01. The summed E-state index contributed by atoms with van der Waals surface area (Å²) < 4.78 is 49.0. The zero-order chi connectivity index (χ0) is 23.9. The highest BCUT2D eigenvalue weighted by Gasteiger charge is 2.33. The molecule has 3 aromatic rings. The van der Waals surface area contributed by atoms with E-state index in [2.05, 4.69) is 0 Å². The van der Waals surface area contributed by atoms with Crippen molar-refractivity contribution in [1.29, 1.82) is 0 Å². The predicted molar refractivity (Wildman–Crippen MR) is 129 cm³/mol. The second-order valence-corrected chi connectivity index (χ2v) is 10.3. The third kappa shape index (κ3) is 3.72. The fraction of sp³-hybridized carbons (Fsp3) is 0.269. The second kappa shape index (κ2) is 8.76. The molecular formula is C26H25FN2O4S. The maximum Gasteiger partial charge on any atom is 0.268 e. The Labute approximate surface area is 198 Å². The van der Waals surface area contributed by atoms with E-state index in [9.17, 15) is 17.6 Å². The molecule has 6 nitrogen and oxygen atoms in total. The lowest BCUT2D eigenvalue weighted by atomic mass is 10.0. The number of hydrogen-bond donors (Lipinski definition) is 0. The van der Waals surface area contributed by atoms with Gasteiger partial charge >= 0.3 is 0 Å². The molecule has 0 N–H and O–H groups in total. The van der Waals surface area contributed by atoms with Gasteiger partial charge in [0.15, 0.2) is 0 Å². The van der Waals surface area contributed by atoms with Crippen molar-refractivity contribution in [2.45, 2.75) is 30.6 Å². The molecule has 176 valence electrons. The number of methoxy groups -OCH3 is 1. The number of aryl methyl sites for hydroxylation is 2. The Kier molecular flexibility index (Phi) is 5.77. The summed E-state index contributed by atoms with van der Waals surface area (Å²) in [6, 6.07) is 16.6. The lowest BCUT2D eigenvalue weighted by Crippen LogP contribution is -2.37. The molecule has 1 amide bonds. The first-order valence-electron chi connectivity index (χ1n) is 11.3. The van der Waals surface area contributed by atoms with E-state index in [1.165, 1.54) is 40.6 Å². The van der Waals surface area contributed by atoms with Gasteiger partial charge in [0.2, 0.25) is 0 Å². The van der Waals surface area contributed by atoms with Gasteiger partial charge in [0.1, 0.15) is 16.5 Å². The first-order chi connectivity index (χ1) is 16.4. The number of fused-ring (bicyclic) bond motifs is 2. The molecule has 0 saturated heterocycles. The van der Waals surface area contributed by atoms with E-state index >= 15 is 0 Å². The predicted octanol–water partition coefficient (Wildman–Crippen LogP) is 4.57. The van der Waals surface area contributed by atoms with E-state index in [4.69, 9.17) is 4.74 Å². The summed E-state index contributed by atoms with van der Waals surface area (Å²) in [4.78, 5) is 14.8. The molecule has 0 unspecified atom stereocenters. The summed E-state index contributed by atoms with van der Waals surface area (Å²) in [6.07, 6.45) is 2.89. The van der Waals surface area contributed by atoms with Gasteiger partial charge in [-0.15, -0.1) is 0 Å². The monoisotopic (exact) mass is 480 g/mol. The Morgan fingerprint density at radius 3 is 2.50 bits per heavy atom. The SMILES string of the molecule is COc1ccc(C(=O)N2CCCc3cccc(F)c32)cc1S(=O)(=O)N1CCCc2ccccc21. The molecule has 0 bridgehead atoms. The first-order valence-corrected chi connectivity index (χ1v) is 12.7. The van der Waals surface area contributed by atoms with Gasteiger partial charge in [0.05, 0.1) is 18.5 Å². The second-order valence-electron chi connectivity index (χ2n) is 8.48. The van der Waals surface area contributed by atoms with E-state index in [0.29, 0.717) is 38.0 Å². The van der Waals surface area contributed by atoms with Gasteiger partial charge in [-0.1, -0.05) is 30.3 Å². The van der Waals surface area contributed by atoms with Gasteiger partial charge < -0.3 is 9.64 Å². The van der Waals surface area contributed by atoms with Crippen LogP contribution in [0.1, 0.15) is 34.3 Å². The number of carbonyl (C=O) groups is 1. The normalized spacial score (nSPS) is 15.5. The molecule has 0 fully saturated rings. The molecule has 8 heteroatoms. The van der Waals surface area contributed by atoms with Crippen molar-refractivity contribution in [1.82, 2.24) is 0 Å². The lowest BCUT2D eigenvalue weighted by molar-refractivity contribution is 0.0984. The van der Waals surface area contributed by atoms with Crippen LogP contribution < -0.4 is 13.9 Å². The number of halogens is 1. The van der Waals surface area contributed by atoms with Crippen LogP contribution in [0.5, 0.6) is 5.75 Å². The lowest BCUT2D eigenvalue weighted by Gasteiger charge is -2.31. The van der Waals surface area contributed by atoms with Crippen molar-refractivity contribution in [3.63, 3.8) is 0 Å². The van der Waals surface area contributed by atoms with E-state index < -0.39 is 21.7 Å². The zero-order valence-electron chi connectivity index (χ0n) is 18.8. The fourth-order valence-corrected chi connectivity index (χ4v) is 6.57. The Hall–Kier alpha value is -3.39. The summed E-state index contributed by atoms with van der Waals surface area (Å²) in [5.74, 6) is -0.745. The van der Waals surface area contributed by atoms with E-state index in [-0.39, 0.29) is 21.9 Å². The van der Waals surface area contributed by atoms with Crippen molar-refractivity contribution >= 4 is 27.3 Å². The van der Waals surface area contributed by atoms with Crippen LogP contribution in [0, 0.1) is 5.82 Å². The largest absolute Gasteiger partial charge is 0.495 e. The van der Waals surface area contributed by atoms with Gasteiger partial charge in [0, 0.05) is 18.7 Å². The highest BCUT2D eigenvalue weighted by Crippen LogP contribution is 2.36. The van der Waals surface area contributed by atoms with Crippen LogP contribution in [0.3, 0.4) is 0 Å². The summed E-state index contributed by atoms with van der Waals surface area (Å²) >= 11 is 0. The Balaban J connectivity index is 1.57. The van der Waals surface area contributed by atoms with Crippen LogP contribution >= 0.6 is 0 Å². The van der Waals surface area contributed by atoms with Crippen molar-refractivity contribution < 1.29 is 22.3 Å². The molecule has 2 heterocycles. The molecule has 0 aliphatic carbocycles. The van der Waals surface area contributed by atoms with Crippen LogP contribution in [0.25, 0.3) is 0 Å². The van der Waals surface area contributed by atoms with Gasteiger partial charge in [0.25, 0.3) is 15.9 Å². The number of amides is 1. The molecule has 5 rings (SSSR count). The number of rotatable bonds is 4. The Morgan fingerprint density at radius 2 is 1.68 bits per heavy atom. The quantitative estimate of drug-likeness (QED) is 0.549. The number of anilines is 2. The number of hydrogen-bond acceptors (Lipinski definition) is 4. The first kappa shape index (κ1) is 22.4. The minimum absolute atomic E-state index is 0.0803. The van der Waals surface area contributed by atoms with Crippen LogP contribution in [-0.2, 0) is 22.9 Å². The molecule has 2 aliphatic heterocycles. The summed E-state index contributed by atoms with van der Waals surface area (Å²) in [5, 5.41) is 0. The molecule has 0 saturated carbocycles. The third-order valence-corrected chi connectivity index (χ3v) is 8.29. The van der Waals surface area contributed by atoms with E-state index in [1.807, 2.05) is 24.3 Å². The van der Waals surface area contributed by atoms with Crippen LogP contribution in [-0.4, -0.2) is 34.5 Å². The molecule has 0 atom stereocenters. The number of carbonyl (C=O) groups excluding carboxylic acids is 1. The number of benzene rings is 3. The maximum absolute atomic E-state index is 14.7. The van der Waals surface area contributed by atoms with Crippen molar-refractivity contribution in [3.05, 3.63) is 83.2 Å². The number of para-hydroxylation sites is 2. The van der Waals surface area contributed by atoms with E-state index in [1.54, 1.807) is 12.1 Å². The van der Waals surface area contributed by atoms with Crippen molar-refractivity contribution in [2.24, 2.45) is 0 Å². The topological polar surface area (TPSA) is 66.9 Å². The van der Waals surface area contributed by atoms with Gasteiger partial charge in [-0.05, 0) is 67.1 Å². The van der Waals surface area contributed by atoms with Gasteiger partial charge in [-0.3, -0.25) is 9.10 Å². The smallest absolute Gasteiger partial charge is 0.268 e. The highest BCUT2D eigenvalue weighted by molar-refractivity contribution is 7.93. The number of ether oxygens (including phenoxy) is 1. The fourth-order valence-electron chi connectivity index (χ4n) is 4.84. The molecule has 0 spiro atoms. The highest BCUT2D eigenvalue weighted by atomic mass is 32.2.